The molecular formula is C16H31ClN2O. The molecular weight excluding hydrogens is 272 g/mol. The summed E-state index contributed by atoms with van der Waals surface area (Å²) in [4.78, 5) is 14.2. The Hall–Kier alpha value is -0.280. The van der Waals surface area contributed by atoms with Crippen LogP contribution in [-0.2, 0) is 4.79 Å². The maximum absolute atomic E-state index is 12.2. The van der Waals surface area contributed by atoms with Crippen LogP contribution in [0.2, 0.25) is 0 Å². The molecule has 2 aliphatic rings. The molecule has 1 saturated carbocycles. The summed E-state index contributed by atoms with van der Waals surface area (Å²) >= 11 is 0. The number of hydrogen-bond acceptors (Lipinski definition) is 2. The van der Waals surface area contributed by atoms with Gasteiger partial charge in [-0.2, -0.15) is 0 Å². The molecule has 20 heavy (non-hydrogen) atoms. The minimum absolute atomic E-state index is 0. The summed E-state index contributed by atoms with van der Waals surface area (Å²) in [5.74, 6) is 1.25. The van der Waals surface area contributed by atoms with Gasteiger partial charge in [0, 0.05) is 19.5 Å². The number of nitrogens with two attached hydrogens (primary N) is 1. The van der Waals surface area contributed by atoms with Crippen LogP contribution in [0.3, 0.4) is 0 Å². The highest BCUT2D eigenvalue weighted by Crippen LogP contribution is 2.30. The molecule has 0 spiro atoms. The highest BCUT2D eigenvalue weighted by atomic mass is 35.5. The maximum atomic E-state index is 12.2. The Morgan fingerprint density at radius 1 is 1.30 bits per heavy atom. The number of halogens is 1. The third-order valence-corrected chi connectivity index (χ3v) is 5.13. The van der Waals surface area contributed by atoms with Crippen molar-refractivity contribution in [3.63, 3.8) is 0 Å². The van der Waals surface area contributed by atoms with E-state index in [4.69, 9.17) is 5.73 Å². The molecule has 1 aliphatic heterocycles. The Labute approximate surface area is 130 Å². The third-order valence-electron chi connectivity index (χ3n) is 5.13. The molecule has 4 heteroatoms. The average Bonchev–Trinajstić information content (AvgIpc) is 2.83. The van der Waals surface area contributed by atoms with Crippen LogP contribution in [-0.4, -0.2) is 30.4 Å². The summed E-state index contributed by atoms with van der Waals surface area (Å²) in [6.45, 7) is 4.67. The fraction of sp³-hybridized carbons (Fsp3) is 0.938. The number of carbonyl (C=O) groups is 1. The van der Waals surface area contributed by atoms with Crippen molar-refractivity contribution in [2.24, 2.45) is 17.1 Å². The lowest BCUT2D eigenvalue weighted by atomic mass is 9.86. The Kier molecular flexibility index (Phi) is 7.32. The molecule has 1 amide bonds. The van der Waals surface area contributed by atoms with Gasteiger partial charge in [0.15, 0.2) is 0 Å². The molecule has 1 heterocycles. The lowest BCUT2D eigenvalue weighted by Gasteiger charge is -2.23. The highest BCUT2D eigenvalue weighted by molar-refractivity contribution is 5.85. The first-order valence-corrected chi connectivity index (χ1v) is 8.11. The van der Waals surface area contributed by atoms with E-state index in [1.54, 1.807) is 0 Å². The van der Waals surface area contributed by atoms with Crippen LogP contribution in [0, 0.1) is 11.3 Å². The first-order chi connectivity index (χ1) is 9.13. The molecule has 0 bridgehead atoms. The van der Waals surface area contributed by atoms with Gasteiger partial charge in [-0.05, 0) is 37.1 Å². The van der Waals surface area contributed by atoms with Crippen LogP contribution in [0.25, 0.3) is 0 Å². The molecule has 3 nitrogen and oxygen atoms in total. The molecule has 2 fully saturated rings. The van der Waals surface area contributed by atoms with Crippen LogP contribution < -0.4 is 5.73 Å². The lowest BCUT2D eigenvalue weighted by molar-refractivity contribution is -0.130. The summed E-state index contributed by atoms with van der Waals surface area (Å²) in [6.07, 6.45) is 11.2. The zero-order valence-electron chi connectivity index (χ0n) is 12.9. The van der Waals surface area contributed by atoms with Crippen LogP contribution in [0.4, 0.5) is 0 Å². The van der Waals surface area contributed by atoms with E-state index in [9.17, 15) is 4.79 Å². The summed E-state index contributed by atoms with van der Waals surface area (Å²) in [5.41, 5.74) is 5.96. The zero-order valence-corrected chi connectivity index (χ0v) is 13.7. The van der Waals surface area contributed by atoms with Crippen LogP contribution in [0.1, 0.15) is 64.7 Å². The van der Waals surface area contributed by atoms with E-state index in [0.717, 1.165) is 38.3 Å². The zero-order chi connectivity index (χ0) is 13.7. The van der Waals surface area contributed by atoms with E-state index in [1.807, 2.05) is 4.90 Å². The van der Waals surface area contributed by atoms with Crippen molar-refractivity contribution in [2.75, 3.05) is 19.6 Å². The predicted octanol–water partition coefficient (Wildman–Crippen LogP) is 3.36. The smallest absolute Gasteiger partial charge is 0.222 e. The second-order valence-electron chi connectivity index (χ2n) is 6.98. The van der Waals surface area contributed by atoms with Crippen molar-refractivity contribution < 1.29 is 4.79 Å². The second kappa shape index (κ2) is 8.23. The monoisotopic (exact) mass is 302 g/mol. The summed E-state index contributed by atoms with van der Waals surface area (Å²) in [5, 5.41) is 0. The summed E-state index contributed by atoms with van der Waals surface area (Å²) in [6, 6.07) is 0. The van der Waals surface area contributed by atoms with Gasteiger partial charge in [0.05, 0.1) is 0 Å². The molecule has 2 N–H and O–H groups in total. The molecule has 0 aromatic heterocycles. The minimum atomic E-state index is 0. The molecule has 2 rings (SSSR count). The van der Waals surface area contributed by atoms with Gasteiger partial charge in [-0.15, -0.1) is 12.4 Å². The van der Waals surface area contributed by atoms with Gasteiger partial charge in [-0.25, -0.2) is 0 Å². The topological polar surface area (TPSA) is 46.3 Å². The van der Waals surface area contributed by atoms with Gasteiger partial charge in [-0.1, -0.05) is 39.0 Å². The van der Waals surface area contributed by atoms with E-state index in [0.29, 0.717) is 12.5 Å². The second-order valence-corrected chi connectivity index (χ2v) is 6.98. The SMILES string of the molecule is CC1(CN)CCN(C(=O)CCCC2CCCCC2)C1.Cl. The third kappa shape index (κ3) is 4.92. The molecule has 1 saturated heterocycles. The molecule has 0 radical (unpaired) electrons. The standard InChI is InChI=1S/C16H30N2O.ClH/c1-16(12-17)10-11-18(13-16)15(19)9-5-8-14-6-3-2-4-7-14;/h14H,2-13,17H2,1H3;1H. The fourth-order valence-corrected chi connectivity index (χ4v) is 3.58. The van der Waals surface area contributed by atoms with Gasteiger partial charge in [-0.3, -0.25) is 4.79 Å². The van der Waals surface area contributed by atoms with E-state index < -0.39 is 0 Å². The Morgan fingerprint density at radius 2 is 2.00 bits per heavy atom. The molecule has 1 atom stereocenters. The van der Waals surface area contributed by atoms with Crippen LogP contribution >= 0.6 is 12.4 Å². The number of hydrogen-bond donors (Lipinski definition) is 1. The fourth-order valence-electron chi connectivity index (χ4n) is 3.58. The maximum Gasteiger partial charge on any atom is 0.222 e. The van der Waals surface area contributed by atoms with Crippen molar-refractivity contribution in [3.8, 4) is 0 Å². The number of rotatable bonds is 5. The normalized spacial score (nSPS) is 27.4. The van der Waals surface area contributed by atoms with Gasteiger partial charge in [0.1, 0.15) is 0 Å². The van der Waals surface area contributed by atoms with Crippen molar-refractivity contribution in [1.82, 2.24) is 4.90 Å². The van der Waals surface area contributed by atoms with Crippen molar-refractivity contribution in [3.05, 3.63) is 0 Å². The van der Waals surface area contributed by atoms with Gasteiger partial charge in [0.2, 0.25) is 5.91 Å². The van der Waals surface area contributed by atoms with E-state index in [2.05, 4.69) is 6.92 Å². The van der Waals surface area contributed by atoms with Crippen molar-refractivity contribution in [2.45, 2.75) is 64.7 Å². The van der Waals surface area contributed by atoms with E-state index in [1.165, 1.54) is 38.5 Å². The van der Waals surface area contributed by atoms with Gasteiger partial charge in [0.25, 0.3) is 0 Å². The first kappa shape index (κ1) is 17.8. The molecule has 0 aromatic carbocycles. The summed E-state index contributed by atoms with van der Waals surface area (Å²) in [7, 11) is 0. The molecule has 1 aliphatic carbocycles. The van der Waals surface area contributed by atoms with E-state index in [-0.39, 0.29) is 17.8 Å². The predicted molar refractivity (Wildman–Crippen MR) is 86.0 cm³/mol. The van der Waals surface area contributed by atoms with Crippen molar-refractivity contribution >= 4 is 18.3 Å². The van der Waals surface area contributed by atoms with Crippen molar-refractivity contribution in [1.29, 1.82) is 0 Å². The quantitative estimate of drug-likeness (QED) is 0.846. The van der Waals surface area contributed by atoms with Crippen LogP contribution in [0.5, 0.6) is 0 Å². The molecule has 1 unspecified atom stereocenters. The van der Waals surface area contributed by atoms with Gasteiger partial charge < -0.3 is 10.6 Å². The Morgan fingerprint density at radius 3 is 2.60 bits per heavy atom. The molecule has 118 valence electrons. The number of nitrogens with zero attached hydrogens (tertiary/aromatic N) is 1. The highest BCUT2D eigenvalue weighted by Gasteiger charge is 2.34. The number of amides is 1. The Bertz CT molecular complexity index is 305. The molecule has 0 aromatic rings. The van der Waals surface area contributed by atoms with Crippen LogP contribution in [0.15, 0.2) is 0 Å². The average molecular weight is 303 g/mol. The number of carbonyl (C=O) groups excluding carboxylic acids is 1. The lowest BCUT2D eigenvalue weighted by Crippen LogP contribution is -2.34. The largest absolute Gasteiger partial charge is 0.342 e. The first-order valence-electron chi connectivity index (χ1n) is 8.11. The summed E-state index contributed by atoms with van der Waals surface area (Å²) < 4.78 is 0. The van der Waals surface area contributed by atoms with E-state index >= 15 is 0 Å². The Balaban J connectivity index is 0.00000200. The number of likely N-dealkylation sites (tertiary alicyclic amines) is 1. The van der Waals surface area contributed by atoms with Gasteiger partial charge >= 0.3 is 0 Å². The minimum Gasteiger partial charge on any atom is -0.342 e.